The summed E-state index contributed by atoms with van der Waals surface area (Å²) in [4.78, 5) is 24.2. The molecule has 0 saturated heterocycles. The molecule has 1 aliphatic carbocycles. The summed E-state index contributed by atoms with van der Waals surface area (Å²) in [5.74, 6) is 1.57. The number of amides is 1. The first-order valence-electron chi connectivity index (χ1n) is 8.91. The van der Waals surface area contributed by atoms with Crippen LogP contribution in [0, 0.1) is 12.8 Å². The molecule has 0 aliphatic heterocycles. The summed E-state index contributed by atoms with van der Waals surface area (Å²) in [6.45, 7) is 5.96. The van der Waals surface area contributed by atoms with Crippen molar-refractivity contribution in [2.75, 3.05) is 11.1 Å². The van der Waals surface area contributed by atoms with Crippen LogP contribution in [-0.2, 0) is 4.79 Å². The largest absolute Gasteiger partial charge is 0.326 e. The van der Waals surface area contributed by atoms with Gasteiger partial charge < -0.3 is 9.88 Å². The van der Waals surface area contributed by atoms with Gasteiger partial charge in [-0.25, -0.2) is 0 Å². The highest BCUT2D eigenvalue weighted by Crippen LogP contribution is 2.38. The van der Waals surface area contributed by atoms with Gasteiger partial charge in [-0.3, -0.25) is 9.59 Å². The van der Waals surface area contributed by atoms with E-state index in [9.17, 15) is 9.59 Å². The number of Topliss-reactive ketones (excluding diaryl/α,β-unsaturated/α-hetero) is 1. The van der Waals surface area contributed by atoms with Gasteiger partial charge in [0.05, 0.1) is 5.75 Å². The number of rotatable bonds is 8. The zero-order chi connectivity index (χ0) is 18.7. The van der Waals surface area contributed by atoms with Crippen LogP contribution in [0.25, 0.3) is 0 Å². The van der Waals surface area contributed by atoms with E-state index >= 15 is 0 Å². The molecule has 1 aliphatic rings. The molecule has 0 unspecified atom stereocenters. The normalized spacial score (nSPS) is 13.8. The topological polar surface area (TPSA) is 76.9 Å². The van der Waals surface area contributed by atoms with E-state index in [0.717, 1.165) is 23.8 Å². The van der Waals surface area contributed by atoms with Crippen molar-refractivity contribution >= 4 is 29.1 Å². The quantitative estimate of drug-likeness (QED) is 0.562. The van der Waals surface area contributed by atoms with Crippen LogP contribution in [0.4, 0.5) is 5.69 Å². The van der Waals surface area contributed by atoms with Gasteiger partial charge >= 0.3 is 0 Å². The lowest BCUT2D eigenvalue weighted by molar-refractivity contribution is -0.116. The molecule has 1 N–H and O–H groups in total. The van der Waals surface area contributed by atoms with Crippen LogP contribution in [0.15, 0.2) is 29.4 Å². The van der Waals surface area contributed by atoms with Crippen LogP contribution in [0.2, 0.25) is 0 Å². The van der Waals surface area contributed by atoms with Crippen molar-refractivity contribution in [1.29, 1.82) is 0 Å². The van der Waals surface area contributed by atoms with E-state index in [1.54, 1.807) is 24.3 Å². The number of carbonyl (C=O) groups is 2. The summed E-state index contributed by atoms with van der Waals surface area (Å²) in [6, 6.07) is 7.55. The average Bonchev–Trinajstić information content (AvgIpc) is 3.35. The summed E-state index contributed by atoms with van der Waals surface area (Å²) < 4.78 is 2.13. The molecular weight excluding hydrogens is 348 g/mol. The van der Waals surface area contributed by atoms with Crippen molar-refractivity contribution in [3.05, 3.63) is 35.7 Å². The van der Waals surface area contributed by atoms with Crippen molar-refractivity contribution in [2.45, 2.75) is 51.2 Å². The van der Waals surface area contributed by atoms with Gasteiger partial charge in [0, 0.05) is 23.7 Å². The molecule has 1 heterocycles. The Balaban J connectivity index is 1.56. The predicted octanol–water partition coefficient (Wildman–Crippen LogP) is 3.88. The molecule has 6 nitrogen and oxygen atoms in total. The summed E-state index contributed by atoms with van der Waals surface area (Å²) >= 11 is 1.43. The Kier molecular flexibility index (Phi) is 5.76. The van der Waals surface area contributed by atoms with Gasteiger partial charge in [0.2, 0.25) is 5.91 Å². The fourth-order valence-corrected chi connectivity index (χ4v) is 3.68. The molecule has 0 bridgehead atoms. The lowest BCUT2D eigenvalue weighted by Crippen LogP contribution is -2.14. The molecule has 1 aromatic carbocycles. The van der Waals surface area contributed by atoms with E-state index in [2.05, 4.69) is 20.1 Å². The molecule has 1 fully saturated rings. The van der Waals surface area contributed by atoms with Crippen LogP contribution < -0.4 is 5.32 Å². The third-order valence-electron chi connectivity index (χ3n) is 4.16. The molecule has 1 aromatic heterocycles. The Morgan fingerprint density at radius 3 is 2.54 bits per heavy atom. The number of anilines is 1. The van der Waals surface area contributed by atoms with Crippen molar-refractivity contribution in [3.8, 4) is 0 Å². The fraction of sp³-hybridized carbons (Fsp3) is 0.474. The maximum Gasteiger partial charge on any atom is 0.224 e. The SMILES string of the molecule is Cc1nnc(SCC(=O)c2ccc(NC(=O)CC(C)C)cc2)n1C1CC1. The Morgan fingerprint density at radius 1 is 1.23 bits per heavy atom. The third kappa shape index (κ3) is 4.72. The molecule has 2 aromatic rings. The second kappa shape index (κ2) is 8.03. The number of thioether (sulfide) groups is 1. The first-order valence-corrected chi connectivity index (χ1v) is 9.90. The zero-order valence-corrected chi connectivity index (χ0v) is 16.2. The molecule has 7 heteroatoms. The maximum atomic E-state index is 12.4. The van der Waals surface area contributed by atoms with Gasteiger partial charge in [0.25, 0.3) is 0 Å². The number of carbonyl (C=O) groups excluding carboxylic acids is 2. The van der Waals surface area contributed by atoms with Crippen LogP contribution in [0.1, 0.15) is 55.3 Å². The Bertz CT molecular complexity index is 794. The molecule has 1 saturated carbocycles. The number of ketones is 1. The summed E-state index contributed by atoms with van der Waals surface area (Å²) in [5.41, 5.74) is 1.34. The highest BCUT2D eigenvalue weighted by atomic mass is 32.2. The standard InChI is InChI=1S/C19H24N4O2S/c1-12(2)10-18(25)20-15-6-4-14(5-7-15)17(24)11-26-19-22-21-13(3)23(19)16-8-9-16/h4-7,12,16H,8-11H2,1-3H3,(H,20,25). The summed E-state index contributed by atoms with van der Waals surface area (Å²) in [7, 11) is 0. The molecular formula is C19H24N4O2S. The second-order valence-corrected chi connectivity index (χ2v) is 8.01. The smallest absolute Gasteiger partial charge is 0.224 e. The van der Waals surface area contributed by atoms with Crippen molar-refractivity contribution in [2.24, 2.45) is 5.92 Å². The highest BCUT2D eigenvalue weighted by Gasteiger charge is 2.28. The molecule has 138 valence electrons. The van der Waals surface area contributed by atoms with Gasteiger partial charge in [-0.2, -0.15) is 0 Å². The minimum absolute atomic E-state index is 0.00980. The van der Waals surface area contributed by atoms with Crippen molar-refractivity contribution < 1.29 is 9.59 Å². The summed E-state index contributed by atoms with van der Waals surface area (Å²) in [5, 5.41) is 12.0. The van der Waals surface area contributed by atoms with Crippen LogP contribution in [0.3, 0.4) is 0 Å². The van der Waals surface area contributed by atoms with Gasteiger partial charge in [0.1, 0.15) is 5.82 Å². The first kappa shape index (κ1) is 18.6. The van der Waals surface area contributed by atoms with Gasteiger partial charge in [-0.1, -0.05) is 25.6 Å². The Morgan fingerprint density at radius 2 is 1.92 bits per heavy atom. The molecule has 0 radical (unpaired) electrons. The highest BCUT2D eigenvalue weighted by molar-refractivity contribution is 7.99. The first-order chi connectivity index (χ1) is 12.4. The molecule has 0 atom stereocenters. The number of hydrogen-bond donors (Lipinski definition) is 1. The van der Waals surface area contributed by atoms with Crippen LogP contribution in [0.5, 0.6) is 0 Å². The lowest BCUT2D eigenvalue weighted by atomic mass is 10.1. The fourth-order valence-electron chi connectivity index (χ4n) is 2.74. The van der Waals surface area contributed by atoms with Crippen molar-refractivity contribution in [1.82, 2.24) is 14.8 Å². The number of nitrogens with one attached hydrogen (secondary N) is 1. The van der Waals surface area contributed by atoms with E-state index in [-0.39, 0.29) is 11.7 Å². The van der Waals surface area contributed by atoms with E-state index < -0.39 is 0 Å². The average molecular weight is 372 g/mol. The number of aromatic nitrogens is 3. The number of aryl methyl sites for hydroxylation is 1. The monoisotopic (exact) mass is 372 g/mol. The van der Waals surface area contributed by atoms with Gasteiger partial charge in [0.15, 0.2) is 10.9 Å². The second-order valence-electron chi connectivity index (χ2n) is 7.07. The van der Waals surface area contributed by atoms with Gasteiger partial charge in [-0.05, 0) is 49.9 Å². The maximum absolute atomic E-state index is 12.4. The van der Waals surface area contributed by atoms with Crippen LogP contribution >= 0.6 is 11.8 Å². The van der Waals surface area contributed by atoms with Crippen molar-refractivity contribution in [3.63, 3.8) is 0 Å². The minimum atomic E-state index is -0.00980. The number of hydrogen-bond acceptors (Lipinski definition) is 5. The van der Waals surface area contributed by atoms with Gasteiger partial charge in [-0.15, -0.1) is 10.2 Å². The third-order valence-corrected chi connectivity index (χ3v) is 5.11. The van der Waals surface area contributed by atoms with E-state index in [1.165, 1.54) is 11.8 Å². The predicted molar refractivity (Wildman–Crippen MR) is 103 cm³/mol. The number of nitrogens with zero attached hydrogens (tertiary/aromatic N) is 3. The van der Waals surface area contributed by atoms with E-state index in [0.29, 0.717) is 35.4 Å². The Hall–Kier alpha value is -2.15. The van der Waals surface area contributed by atoms with E-state index in [1.807, 2.05) is 20.8 Å². The Labute approximate surface area is 157 Å². The lowest BCUT2D eigenvalue weighted by Gasteiger charge is -2.08. The van der Waals surface area contributed by atoms with E-state index in [4.69, 9.17) is 0 Å². The molecule has 1 amide bonds. The minimum Gasteiger partial charge on any atom is -0.326 e. The zero-order valence-electron chi connectivity index (χ0n) is 15.4. The van der Waals surface area contributed by atoms with Crippen LogP contribution in [-0.4, -0.2) is 32.2 Å². The molecule has 26 heavy (non-hydrogen) atoms. The molecule has 0 spiro atoms. The summed E-state index contributed by atoms with van der Waals surface area (Å²) in [6.07, 6.45) is 2.80. The molecule has 3 rings (SSSR count). The number of benzene rings is 1.